The lowest BCUT2D eigenvalue weighted by atomic mass is 10.1. The second-order valence-electron chi connectivity index (χ2n) is 6.07. The van der Waals surface area contributed by atoms with Crippen molar-refractivity contribution in [1.82, 2.24) is 9.21 Å². The second kappa shape index (κ2) is 8.13. The SMILES string of the molecule is N#C[C@@H](c1ccc(F)cc1)N1CCN(S(=O)(=O)c2c(Cl)cccc2Cl)CC1. The number of nitrogens with zero attached hydrogens (tertiary/aromatic N) is 3. The molecule has 1 fully saturated rings. The molecule has 1 heterocycles. The van der Waals surface area contributed by atoms with Crippen LogP contribution in [0.15, 0.2) is 47.4 Å². The lowest BCUT2D eigenvalue weighted by molar-refractivity contribution is 0.162. The molecule has 1 aliphatic heterocycles. The van der Waals surface area contributed by atoms with Crippen LogP contribution in [0.3, 0.4) is 0 Å². The zero-order valence-electron chi connectivity index (χ0n) is 14.1. The van der Waals surface area contributed by atoms with Crippen LogP contribution in [-0.2, 0) is 10.0 Å². The summed E-state index contributed by atoms with van der Waals surface area (Å²) in [6, 6.07) is 11.9. The van der Waals surface area contributed by atoms with Gasteiger partial charge in [0.2, 0.25) is 10.0 Å². The van der Waals surface area contributed by atoms with E-state index in [1.165, 1.54) is 28.6 Å². The van der Waals surface area contributed by atoms with Crippen molar-refractivity contribution in [1.29, 1.82) is 5.26 Å². The lowest BCUT2D eigenvalue weighted by Crippen LogP contribution is -2.49. The van der Waals surface area contributed by atoms with E-state index in [-0.39, 0.29) is 33.8 Å². The maximum absolute atomic E-state index is 13.1. The van der Waals surface area contributed by atoms with Crippen molar-refractivity contribution in [3.63, 3.8) is 0 Å². The number of halogens is 3. The fraction of sp³-hybridized carbons (Fsp3) is 0.278. The van der Waals surface area contributed by atoms with Gasteiger partial charge in [-0.05, 0) is 29.8 Å². The van der Waals surface area contributed by atoms with Crippen molar-refractivity contribution in [3.05, 3.63) is 63.9 Å². The van der Waals surface area contributed by atoms with Gasteiger partial charge in [0.1, 0.15) is 16.8 Å². The summed E-state index contributed by atoms with van der Waals surface area (Å²) in [7, 11) is -3.84. The van der Waals surface area contributed by atoms with Gasteiger partial charge in [-0.25, -0.2) is 12.8 Å². The molecule has 142 valence electrons. The molecule has 0 spiro atoms. The minimum Gasteiger partial charge on any atom is -0.282 e. The minimum absolute atomic E-state index is 0.0751. The highest BCUT2D eigenvalue weighted by atomic mass is 35.5. The van der Waals surface area contributed by atoms with Gasteiger partial charge in [0, 0.05) is 26.2 Å². The Labute approximate surface area is 167 Å². The number of sulfonamides is 1. The molecule has 0 bridgehead atoms. The number of benzene rings is 2. The van der Waals surface area contributed by atoms with Gasteiger partial charge >= 0.3 is 0 Å². The Morgan fingerprint density at radius 2 is 1.56 bits per heavy atom. The largest absolute Gasteiger partial charge is 0.282 e. The normalized spacial score (nSPS) is 17.4. The summed E-state index contributed by atoms with van der Waals surface area (Å²) in [5.41, 5.74) is 0.671. The molecular formula is C18H16Cl2FN3O2S. The molecule has 0 radical (unpaired) electrons. The van der Waals surface area contributed by atoms with Crippen molar-refractivity contribution in [3.8, 4) is 6.07 Å². The number of nitriles is 1. The molecule has 0 aliphatic carbocycles. The predicted molar refractivity (Wildman–Crippen MR) is 102 cm³/mol. The molecule has 0 unspecified atom stereocenters. The first-order valence-electron chi connectivity index (χ1n) is 8.18. The molecule has 0 N–H and O–H groups in total. The fourth-order valence-corrected chi connectivity index (χ4v) is 5.59. The molecule has 1 saturated heterocycles. The van der Waals surface area contributed by atoms with Crippen molar-refractivity contribution in [2.24, 2.45) is 0 Å². The van der Waals surface area contributed by atoms with Crippen molar-refractivity contribution < 1.29 is 12.8 Å². The van der Waals surface area contributed by atoms with Crippen LogP contribution in [0.1, 0.15) is 11.6 Å². The van der Waals surface area contributed by atoms with Gasteiger partial charge in [-0.3, -0.25) is 4.90 Å². The van der Waals surface area contributed by atoms with Gasteiger partial charge < -0.3 is 0 Å². The first kappa shape index (κ1) is 20.1. The van der Waals surface area contributed by atoms with E-state index in [2.05, 4.69) is 6.07 Å². The summed E-state index contributed by atoms with van der Waals surface area (Å²) in [4.78, 5) is 1.77. The zero-order valence-corrected chi connectivity index (χ0v) is 16.5. The topological polar surface area (TPSA) is 64.4 Å². The molecule has 0 aromatic heterocycles. The van der Waals surface area contributed by atoms with E-state index >= 15 is 0 Å². The lowest BCUT2D eigenvalue weighted by Gasteiger charge is -2.36. The molecule has 9 heteroatoms. The first-order valence-corrected chi connectivity index (χ1v) is 10.4. The van der Waals surface area contributed by atoms with Crippen LogP contribution in [-0.4, -0.2) is 43.8 Å². The van der Waals surface area contributed by atoms with Crippen molar-refractivity contribution >= 4 is 33.2 Å². The average molecular weight is 428 g/mol. The third kappa shape index (κ3) is 4.10. The van der Waals surface area contributed by atoms with Crippen molar-refractivity contribution in [2.75, 3.05) is 26.2 Å². The van der Waals surface area contributed by atoms with Gasteiger partial charge in [-0.1, -0.05) is 41.4 Å². The summed E-state index contributed by atoms with van der Waals surface area (Å²) in [6.45, 7) is 1.11. The van der Waals surface area contributed by atoms with E-state index in [0.717, 1.165) is 0 Å². The fourth-order valence-electron chi connectivity index (χ4n) is 3.07. The van der Waals surface area contributed by atoms with E-state index in [4.69, 9.17) is 23.2 Å². The number of hydrogen-bond donors (Lipinski definition) is 0. The van der Waals surface area contributed by atoms with Crippen LogP contribution in [0.25, 0.3) is 0 Å². The summed E-state index contributed by atoms with van der Waals surface area (Å²) in [6.07, 6.45) is 0. The number of rotatable bonds is 4. The Morgan fingerprint density at radius 3 is 2.07 bits per heavy atom. The predicted octanol–water partition coefficient (Wildman–Crippen LogP) is 3.70. The number of hydrogen-bond acceptors (Lipinski definition) is 4. The highest BCUT2D eigenvalue weighted by Crippen LogP contribution is 2.32. The maximum atomic E-state index is 13.1. The molecule has 3 rings (SSSR count). The van der Waals surface area contributed by atoms with Crippen molar-refractivity contribution in [2.45, 2.75) is 10.9 Å². The average Bonchev–Trinajstić information content (AvgIpc) is 2.64. The third-order valence-electron chi connectivity index (χ3n) is 4.46. The van der Waals surface area contributed by atoms with E-state index in [1.54, 1.807) is 18.2 Å². The van der Waals surface area contributed by atoms with Gasteiger partial charge in [-0.15, -0.1) is 0 Å². The van der Waals surface area contributed by atoms with Crippen LogP contribution in [0.2, 0.25) is 10.0 Å². The molecule has 0 amide bonds. The number of piperazine rings is 1. The molecule has 2 aromatic carbocycles. The van der Waals surface area contributed by atoms with Crippen LogP contribution < -0.4 is 0 Å². The minimum atomic E-state index is -3.84. The first-order chi connectivity index (χ1) is 12.8. The Kier molecular flexibility index (Phi) is 6.04. The van der Waals surface area contributed by atoms with Crippen LogP contribution in [0.5, 0.6) is 0 Å². The van der Waals surface area contributed by atoms with Crippen LogP contribution in [0.4, 0.5) is 4.39 Å². The van der Waals surface area contributed by atoms with Crippen LogP contribution >= 0.6 is 23.2 Å². The zero-order chi connectivity index (χ0) is 19.6. The summed E-state index contributed by atoms with van der Waals surface area (Å²) >= 11 is 12.1. The Balaban J connectivity index is 1.76. The monoisotopic (exact) mass is 427 g/mol. The van der Waals surface area contributed by atoms with Gasteiger partial charge in [0.05, 0.1) is 16.1 Å². The van der Waals surface area contributed by atoms with E-state index in [0.29, 0.717) is 18.7 Å². The molecule has 1 aliphatic rings. The molecule has 0 saturated carbocycles. The Bertz CT molecular complexity index is 949. The van der Waals surface area contributed by atoms with Crippen LogP contribution in [0, 0.1) is 17.1 Å². The Hall–Kier alpha value is -1.69. The quantitative estimate of drug-likeness (QED) is 0.745. The van der Waals surface area contributed by atoms with Gasteiger partial charge in [0.25, 0.3) is 0 Å². The molecule has 5 nitrogen and oxygen atoms in total. The third-order valence-corrected chi connectivity index (χ3v) is 7.32. The maximum Gasteiger partial charge on any atom is 0.246 e. The van der Waals surface area contributed by atoms with E-state index in [1.807, 2.05) is 4.90 Å². The molecule has 1 atom stereocenters. The second-order valence-corrected chi connectivity index (χ2v) is 8.76. The highest BCUT2D eigenvalue weighted by Gasteiger charge is 2.33. The van der Waals surface area contributed by atoms with Gasteiger partial charge in [0.15, 0.2) is 0 Å². The summed E-state index contributed by atoms with van der Waals surface area (Å²) in [5.74, 6) is -0.372. The summed E-state index contributed by atoms with van der Waals surface area (Å²) in [5, 5.41) is 9.68. The Morgan fingerprint density at radius 1 is 1.00 bits per heavy atom. The highest BCUT2D eigenvalue weighted by molar-refractivity contribution is 7.89. The molecule has 2 aromatic rings. The molecule has 27 heavy (non-hydrogen) atoms. The summed E-state index contributed by atoms with van der Waals surface area (Å²) < 4.78 is 40.3. The van der Waals surface area contributed by atoms with E-state index < -0.39 is 16.1 Å². The standard InChI is InChI=1S/C18H16Cl2FN3O2S/c19-15-2-1-3-16(20)18(15)27(25,26)24-10-8-23(9-11-24)17(12-22)13-4-6-14(21)7-5-13/h1-7,17H,8-11H2/t17-/m0/s1. The van der Waals surface area contributed by atoms with E-state index in [9.17, 15) is 18.1 Å². The van der Waals surface area contributed by atoms with Gasteiger partial charge in [-0.2, -0.15) is 9.57 Å². The molecular weight excluding hydrogens is 412 g/mol. The smallest absolute Gasteiger partial charge is 0.246 e.